The Labute approximate surface area is 153 Å². The summed E-state index contributed by atoms with van der Waals surface area (Å²) in [7, 11) is 1.61. The number of nitrogens with two attached hydrogens (primary N) is 1. The van der Waals surface area contributed by atoms with Crippen molar-refractivity contribution in [2.24, 2.45) is 0 Å². The van der Waals surface area contributed by atoms with E-state index in [0.29, 0.717) is 29.9 Å². The van der Waals surface area contributed by atoms with Crippen LogP contribution in [0.25, 0.3) is 0 Å². The highest BCUT2D eigenvalue weighted by Crippen LogP contribution is 2.38. The molecule has 3 N–H and O–H groups in total. The van der Waals surface area contributed by atoms with Crippen molar-refractivity contribution in [3.05, 3.63) is 52.1 Å². The number of nitrogens with zero attached hydrogens (tertiary/aromatic N) is 1. The second-order valence-corrected chi connectivity index (χ2v) is 7.12. The first kappa shape index (κ1) is 18.9. The van der Waals surface area contributed by atoms with Crippen LogP contribution in [0.2, 0.25) is 0 Å². The van der Waals surface area contributed by atoms with Crippen LogP contribution in [-0.4, -0.2) is 7.11 Å². The molecule has 2 rings (SSSR count). The zero-order chi connectivity index (χ0) is 18.4. The number of nitriles is 1. The maximum absolute atomic E-state index is 9.49. The van der Waals surface area contributed by atoms with Crippen LogP contribution in [0.4, 0.5) is 16.4 Å². The Balaban J connectivity index is 2.26. The minimum atomic E-state index is 0.514. The topological polar surface area (TPSA) is 71.1 Å². The highest BCUT2D eigenvalue weighted by molar-refractivity contribution is 7.17. The van der Waals surface area contributed by atoms with E-state index in [1.165, 1.54) is 22.5 Å². The van der Waals surface area contributed by atoms with Crippen LogP contribution in [0.5, 0.6) is 0 Å². The molecule has 0 aliphatic heterocycles. The molecule has 0 aliphatic rings. The second kappa shape index (κ2) is 8.59. The fourth-order valence-corrected chi connectivity index (χ4v) is 3.74. The number of nitrogens with one attached hydrogen (secondary N) is 1. The predicted molar refractivity (Wildman–Crippen MR) is 106 cm³/mol. The van der Waals surface area contributed by atoms with E-state index in [0.717, 1.165) is 28.4 Å². The van der Waals surface area contributed by atoms with Gasteiger partial charge in [-0.1, -0.05) is 26.0 Å². The lowest BCUT2D eigenvalue weighted by Gasteiger charge is -2.09. The van der Waals surface area contributed by atoms with Crippen molar-refractivity contribution in [1.82, 2.24) is 0 Å². The fourth-order valence-electron chi connectivity index (χ4n) is 2.65. The van der Waals surface area contributed by atoms with Gasteiger partial charge in [-0.3, -0.25) is 0 Å². The summed E-state index contributed by atoms with van der Waals surface area (Å²) in [4.78, 5) is 0.984. The molecule has 0 amide bonds. The maximum atomic E-state index is 9.49. The average molecular weight is 356 g/mol. The van der Waals surface area contributed by atoms with Crippen molar-refractivity contribution in [2.45, 2.75) is 39.5 Å². The van der Waals surface area contributed by atoms with E-state index in [2.05, 4.69) is 43.9 Å². The third-order valence-corrected chi connectivity index (χ3v) is 5.36. The molecule has 0 radical (unpaired) electrons. The minimum Gasteiger partial charge on any atom is -0.502 e. The van der Waals surface area contributed by atoms with Crippen LogP contribution in [0.15, 0.2) is 30.5 Å². The molecule has 0 spiro atoms. The standard InChI is InChI=1S/C20H25N3OS/c1-5-6-15-11-16(9-7-13(15)2)23-20-17(12-21)19(22)18(25-20)10-8-14(3)24-4/h7,9,11,23H,3,5-6,8,10,22H2,1-2,4H3. The number of benzene rings is 1. The lowest BCUT2D eigenvalue weighted by molar-refractivity contribution is 0.279. The summed E-state index contributed by atoms with van der Waals surface area (Å²) in [6.45, 7) is 8.13. The molecule has 0 saturated carbocycles. The quantitative estimate of drug-likeness (QED) is 0.630. The molecular formula is C20H25N3OS. The number of hydrogen-bond acceptors (Lipinski definition) is 5. The Hall–Kier alpha value is -2.45. The van der Waals surface area contributed by atoms with Crippen LogP contribution in [0.3, 0.4) is 0 Å². The van der Waals surface area contributed by atoms with Gasteiger partial charge in [-0.2, -0.15) is 5.26 Å². The fraction of sp³-hybridized carbons (Fsp3) is 0.350. The van der Waals surface area contributed by atoms with Crippen molar-refractivity contribution in [1.29, 1.82) is 5.26 Å². The first-order valence-corrected chi connectivity index (χ1v) is 9.21. The SMILES string of the molecule is C=C(CCc1sc(Nc2ccc(C)c(CCC)c2)c(C#N)c1N)OC. The van der Waals surface area contributed by atoms with Gasteiger partial charge < -0.3 is 15.8 Å². The number of anilines is 3. The van der Waals surface area contributed by atoms with Gasteiger partial charge in [0, 0.05) is 17.0 Å². The highest BCUT2D eigenvalue weighted by atomic mass is 32.1. The van der Waals surface area contributed by atoms with Gasteiger partial charge in [-0.15, -0.1) is 11.3 Å². The van der Waals surface area contributed by atoms with E-state index in [-0.39, 0.29) is 0 Å². The Kier molecular flexibility index (Phi) is 6.49. The molecule has 1 heterocycles. The number of allylic oxidation sites excluding steroid dienone is 1. The number of ether oxygens (including phenoxy) is 1. The molecule has 132 valence electrons. The lowest BCUT2D eigenvalue weighted by Crippen LogP contribution is -1.96. The van der Waals surface area contributed by atoms with Crippen LogP contribution < -0.4 is 11.1 Å². The number of thiophene rings is 1. The van der Waals surface area contributed by atoms with Crippen LogP contribution in [0.1, 0.15) is 41.3 Å². The Morgan fingerprint density at radius 3 is 2.80 bits per heavy atom. The molecule has 0 aliphatic carbocycles. The van der Waals surface area contributed by atoms with E-state index in [9.17, 15) is 5.26 Å². The van der Waals surface area contributed by atoms with E-state index >= 15 is 0 Å². The number of nitrogen functional groups attached to an aromatic ring is 1. The van der Waals surface area contributed by atoms with Crippen molar-refractivity contribution < 1.29 is 4.74 Å². The molecule has 1 aromatic heterocycles. The van der Waals surface area contributed by atoms with Gasteiger partial charge in [-0.25, -0.2) is 0 Å². The molecule has 4 nitrogen and oxygen atoms in total. The summed E-state index contributed by atoms with van der Waals surface area (Å²) < 4.78 is 5.11. The van der Waals surface area contributed by atoms with Gasteiger partial charge in [-0.05, 0) is 43.0 Å². The molecule has 0 bridgehead atoms. The van der Waals surface area contributed by atoms with Gasteiger partial charge >= 0.3 is 0 Å². The third-order valence-electron chi connectivity index (χ3n) is 4.18. The normalized spacial score (nSPS) is 10.3. The van der Waals surface area contributed by atoms with Crippen molar-refractivity contribution in [3.63, 3.8) is 0 Å². The molecule has 5 heteroatoms. The summed E-state index contributed by atoms with van der Waals surface area (Å²) >= 11 is 1.53. The van der Waals surface area contributed by atoms with E-state index in [1.807, 2.05) is 6.07 Å². The van der Waals surface area contributed by atoms with Crippen LogP contribution in [0, 0.1) is 18.3 Å². The molecule has 0 atom stereocenters. The monoisotopic (exact) mass is 355 g/mol. The number of methoxy groups -OCH3 is 1. The summed E-state index contributed by atoms with van der Waals surface area (Å²) in [6.07, 6.45) is 3.56. The molecule has 25 heavy (non-hydrogen) atoms. The van der Waals surface area contributed by atoms with Crippen molar-refractivity contribution in [2.75, 3.05) is 18.2 Å². The number of hydrogen-bond donors (Lipinski definition) is 2. The minimum absolute atomic E-state index is 0.514. The molecule has 0 unspecified atom stereocenters. The Morgan fingerprint density at radius 2 is 2.16 bits per heavy atom. The second-order valence-electron chi connectivity index (χ2n) is 6.01. The highest BCUT2D eigenvalue weighted by Gasteiger charge is 2.16. The van der Waals surface area contributed by atoms with Crippen molar-refractivity contribution >= 4 is 27.7 Å². The molecule has 1 aromatic carbocycles. The van der Waals surface area contributed by atoms with Gasteiger partial charge in [0.2, 0.25) is 0 Å². The number of rotatable bonds is 8. The predicted octanol–water partition coefficient (Wildman–Crippen LogP) is 5.30. The van der Waals surface area contributed by atoms with Gasteiger partial charge in [0.25, 0.3) is 0 Å². The molecule has 0 saturated heterocycles. The Morgan fingerprint density at radius 1 is 1.40 bits per heavy atom. The third kappa shape index (κ3) is 4.55. The Bertz CT molecular complexity index is 802. The zero-order valence-electron chi connectivity index (χ0n) is 15.1. The van der Waals surface area contributed by atoms with Gasteiger partial charge in [0.1, 0.15) is 16.6 Å². The van der Waals surface area contributed by atoms with Crippen molar-refractivity contribution in [3.8, 4) is 6.07 Å². The van der Waals surface area contributed by atoms with E-state index < -0.39 is 0 Å². The maximum Gasteiger partial charge on any atom is 0.113 e. The van der Waals surface area contributed by atoms with Crippen LogP contribution >= 0.6 is 11.3 Å². The van der Waals surface area contributed by atoms with Crippen LogP contribution in [-0.2, 0) is 17.6 Å². The molecule has 2 aromatic rings. The summed E-state index contributed by atoms with van der Waals surface area (Å²) in [5.41, 5.74) is 10.8. The lowest BCUT2D eigenvalue weighted by atomic mass is 10.0. The largest absolute Gasteiger partial charge is 0.502 e. The van der Waals surface area contributed by atoms with Gasteiger partial charge in [0.05, 0.1) is 18.6 Å². The smallest absolute Gasteiger partial charge is 0.113 e. The zero-order valence-corrected chi connectivity index (χ0v) is 15.9. The molecule has 0 fully saturated rings. The van der Waals surface area contributed by atoms with Gasteiger partial charge in [0.15, 0.2) is 0 Å². The molecular weight excluding hydrogens is 330 g/mol. The first-order valence-electron chi connectivity index (χ1n) is 8.39. The summed E-state index contributed by atoms with van der Waals surface area (Å²) in [6, 6.07) is 8.53. The number of aryl methyl sites for hydroxylation is 3. The summed E-state index contributed by atoms with van der Waals surface area (Å²) in [5, 5.41) is 13.7. The average Bonchev–Trinajstić information content (AvgIpc) is 2.90. The first-order chi connectivity index (χ1) is 12.0. The van der Waals surface area contributed by atoms with E-state index in [1.54, 1.807) is 7.11 Å². The van der Waals surface area contributed by atoms with E-state index in [4.69, 9.17) is 10.5 Å². The summed E-state index contributed by atoms with van der Waals surface area (Å²) in [5.74, 6) is 0.712.